The van der Waals surface area contributed by atoms with Crippen molar-refractivity contribution in [2.75, 3.05) is 32.1 Å². The molecule has 6 heteroatoms. The molecule has 0 bridgehead atoms. The number of ether oxygens (including phenoxy) is 1. The van der Waals surface area contributed by atoms with Crippen molar-refractivity contribution in [1.82, 2.24) is 5.32 Å². The third kappa shape index (κ3) is 8.03. The lowest BCUT2D eigenvalue weighted by molar-refractivity contribution is -0.115. The molecule has 126 valence electrons. The molecule has 0 aromatic heterocycles. The molecule has 22 heavy (non-hydrogen) atoms. The first-order valence-corrected chi connectivity index (χ1v) is 8.29. The van der Waals surface area contributed by atoms with Crippen LogP contribution in [0, 0.1) is 6.92 Å². The van der Waals surface area contributed by atoms with Crippen molar-refractivity contribution in [3.8, 4) is 0 Å². The molecule has 0 aliphatic carbocycles. The van der Waals surface area contributed by atoms with Crippen molar-refractivity contribution < 1.29 is 9.53 Å². The maximum absolute atomic E-state index is 11.9. The van der Waals surface area contributed by atoms with Gasteiger partial charge in [0.2, 0.25) is 5.91 Å². The maximum Gasteiger partial charge on any atom is 0.238 e. The van der Waals surface area contributed by atoms with Crippen LogP contribution in [-0.4, -0.2) is 38.0 Å². The number of halogens is 1. The number of thioether (sulfide) groups is 1. The fourth-order valence-electron chi connectivity index (χ4n) is 1.80. The highest BCUT2D eigenvalue weighted by Crippen LogP contribution is 2.24. The normalized spacial score (nSPS) is 10.4. The Morgan fingerprint density at radius 1 is 1.36 bits per heavy atom. The van der Waals surface area contributed by atoms with Crippen LogP contribution in [0.1, 0.15) is 25.0 Å². The van der Waals surface area contributed by atoms with Crippen LogP contribution < -0.4 is 10.6 Å². The van der Waals surface area contributed by atoms with E-state index >= 15 is 0 Å². The van der Waals surface area contributed by atoms with Gasteiger partial charge < -0.3 is 15.4 Å². The lowest BCUT2D eigenvalue weighted by Crippen LogP contribution is -2.30. The molecule has 0 unspecified atom stereocenters. The number of methoxy groups -OCH3 is 1. The van der Waals surface area contributed by atoms with E-state index in [0.29, 0.717) is 24.9 Å². The van der Waals surface area contributed by atoms with E-state index in [0.717, 1.165) is 17.0 Å². The van der Waals surface area contributed by atoms with E-state index in [-0.39, 0.29) is 18.3 Å². The second-order valence-corrected chi connectivity index (χ2v) is 6.73. The van der Waals surface area contributed by atoms with Crippen LogP contribution in [-0.2, 0) is 15.3 Å². The molecule has 0 fully saturated rings. The van der Waals surface area contributed by atoms with E-state index in [4.69, 9.17) is 4.74 Å². The van der Waals surface area contributed by atoms with Crippen LogP contribution in [0.4, 0.5) is 5.69 Å². The van der Waals surface area contributed by atoms with E-state index in [1.807, 2.05) is 23.9 Å². The molecule has 0 saturated heterocycles. The van der Waals surface area contributed by atoms with Crippen molar-refractivity contribution in [1.29, 1.82) is 0 Å². The van der Waals surface area contributed by atoms with Gasteiger partial charge >= 0.3 is 0 Å². The van der Waals surface area contributed by atoms with Crippen molar-refractivity contribution >= 4 is 35.8 Å². The maximum atomic E-state index is 11.9. The molecule has 0 heterocycles. The van der Waals surface area contributed by atoms with Crippen LogP contribution in [0.15, 0.2) is 18.2 Å². The van der Waals surface area contributed by atoms with Crippen molar-refractivity contribution in [2.45, 2.75) is 31.8 Å². The van der Waals surface area contributed by atoms with Gasteiger partial charge in [-0.15, -0.1) is 12.4 Å². The minimum Gasteiger partial charge on any atom is -0.383 e. The summed E-state index contributed by atoms with van der Waals surface area (Å²) in [6.45, 7) is 8.02. The summed E-state index contributed by atoms with van der Waals surface area (Å²) in [6, 6.07) is 6.07. The molecule has 1 aromatic rings. The average Bonchev–Trinajstić information content (AvgIpc) is 2.44. The molecule has 4 nitrogen and oxygen atoms in total. The summed E-state index contributed by atoms with van der Waals surface area (Å²) in [7, 11) is 1.64. The Bertz CT molecular complexity index is 456. The number of benzene rings is 1. The summed E-state index contributed by atoms with van der Waals surface area (Å²) < 4.78 is 4.93. The molecule has 1 aromatic carbocycles. The van der Waals surface area contributed by atoms with E-state index < -0.39 is 0 Å². The zero-order valence-electron chi connectivity index (χ0n) is 13.8. The number of rotatable bonds is 9. The third-order valence-electron chi connectivity index (χ3n) is 3.06. The second kappa shape index (κ2) is 11.8. The van der Waals surface area contributed by atoms with Crippen molar-refractivity contribution in [3.63, 3.8) is 0 Å². The highest BCUT2D eigenvalue weighted by Gasteiger charge is 2.08. The third-order valence-corrected chi connectivity index (χ3v) is 4.21. The molecule has 0 aliphatic rings. The zero-order chi connectivity index (χ0) is 15.7. The lowest BCUT2D eigenvalue weighted by Gasteiger charge is -2.13. The number of hydrogen-bond donors (Lipinski definition) is 2. The Hall–Kier alpha value is -0.750. The van der Waals surface area contributed by atoms with Crippen molar-refractivity contribution in [3.05, 3.63) is 29.3 Å². The molecule has 0 spiro atoms. The monoisotopic (exact) mass is 346 g/mol. The number of amides is 1. The summed E-state index contributed by atoms with van der Waals surface area (Å²) in [6.07, 6.45) is 0. The fourth-order valence-corrected chi connectivity index (χ4v) is 2.63. The number of nitrogens with one attached hydrogen (secondary N) is 2. The predicted octanol–water partition coefficient (Wildman–Crippen LogP) is 3.23. The van der Waals surface area contributed by atoms with Gasteiger partial charge in [0.05, 0.1) is 13.2 Å². The van der Waals surface area contributed by atoms with E-state index in [2.05, 4.69) is 37.5 Å². The summed E-state index contributed by atoms with van der Waals surface area (Å²) in [5, 5.41) is 6.61. The lowest BCUT2D eigenvalue weighted by atomic mass is 10.1. The highest BCUT2D eigenvalue weighted by atomic mass is 35.5. The molecule has 0 radical (unpaired) electrons. The number of hydrogen-bond acceptors (Lipinski definition) is 4. The summed E-state index contributed by atoms with van der Waals surface area (Å²) in [4.78, 5) is 11.9. The fraction of sp³-hybridized carbons (Fsp3) is 0.562. The second-order valence-electron chi connectivity index (χ2n) is 5.17. The van der Waals surface area contributed by atoms with E-state index in [9.17, 15) is 4.79 Å². The summed E-state index contributed by atoms with van der Waals surface area (Å²) >= 11 is 1.91. The minimum absolute atomic E-state index is 0. The molecule has 0 atom stereocenters. The van der Waals surface area contributed by atoms with Crippen molar-refractivity contribution in [2.24, 2.45) is 0 Å². The molecule has 1 amide bonds. The number of anilines is 1. The van der Waals surface area contributed by atoms with Gasteiger partial charge in [-0.2, -0.15) is 11.8 Å². The van der Waals surface area contributed by atoms with Gasteiger partial charge in [-0.25, -0.2) is 0 Å². The van der Waals surface area contributed by atoms with Crippen LogP contribution in [0.2, 0.25) is 0 Å². The molecular formula is C16H27ClN2O2S. The number of carbonyl (C=O) groups excluding carboxylic acids is 1. The molecule has 1 rings (SSSR count). The topological polar surface area (TPSA) is 50.4 Å². The Morgan fingerprint density at radius 3 is 2.73 bits per heavy atom. The van der Waals surface area contributed by atoms with Gasteiger partial charge in [0, 0.05) is 25.1 Å². The first kappa shape index (κ1) is 21.2. The van der Waals surface area contributed by atoms with Gasteiger partial charge in [0.15, 0.2) is 0 Å². The molecule has 0 aliphatic heterocycles. The van der Waals surface area contributed by atoms with Gasteiger partial charge in [-0.3, -0.25) is 4.79 Å². The average molecular weight is 347 g/mol. The van der Waals surface area contributed by atoms with Gasteiger partial charge in [-0.05, 0) is 29.4 Å². The highest BCUT2D eigenvalue weighted by molar-refractivity contribution is 7.99. The summed E-state index contributed by atoms with van der Waals surface area (Å²) in [5.74, 6) is 0.946. The molecule has 0 saturated carbocycles. The zero-order valence-corrected chi connectivity index (χ0v) is 15.4. The summed E-state index contributed by atoms with van der Waals surface area (Å²) in [5.41, 5.74) is 3.32. The molecule has 2 N–H and O–H groups in total. The van der Waals surface area contributed by atoms with Crippen LogP contribution in [0.25, 0.3) is 0 Å². The number of carbonyl (C=O) groups is 1. The quantitative estimate of drug-likeness (QED) is 0.674. The van der Waals surface area contributed by atoms with Gasteiger partial charge in [-0.1, -0.05) is 26.0 Å². The van der Waals surface area contributed by atoms with E-state index in [1.165, 1.54) is 5.56 Å². The Kier molecular flexibility index (Phi) is 11.4. The smallest absolute Gasteiger partial charge is 0.238 e. The Morgan fingerprint density at radius 2 is 2.09 bits per heavy atom. The van der Waals surface area contributed by atoms with Gasteiger partial charge in [0.1, 0.15) is 0 Å². The first-order chi connectivity index (χ1) is 10.0. The van der Waals surface area contributed by atoms with Gasteiger partial charge in [0.25, 0.3) is 0 Å². The largest absolute Gasteiger partial charge is 0.383 e. The Labute approximate surface area is 144 Å². The van der Waals surface area contributed by atoms with E-state index in [1.54, 1.807) is 7.11 Å². The van der Waals surface area contributed by atoms with Crippen LogP contribution in [0.5, 0.6) is 0 Å². The minimum atomic E-state index is -0.0251. The molecular weight excluding hydrogens is 320 g/mol. The van der Waals surface area contributed by atoms with Crippen LogP contribution in [0.3, 0.4) is 0 Å². The van der Waals surface area contributed by atoms with Crippen LogP contribution >= 0.6 is 24.2 Å². The Balaban J connectivity index is 0.00000441. The standard InChI is InChI=1S/C16H26N2O2S.ClH/c1-12(2)21-11-14-6-5-7-15(13(14)3)18-16(19)10-17-8-9-20-4;/h5-7,12,17H,8-11H2,1-4H3,(H,18,19);1H. The first-order valence-electron chi connectivity index (χ1n) is 7.24. The SMILES string of the molecule is COCCNCC(=O)Nc1cccc(CSC(C)C)c1C.Cl. The predicted molar refractivity (Wildman–Crippen MR) is 98.2 cm³/mol.